The number of nitrogens with zero attached hydrogens (tertiary/aromatic N) is 1. The second kappa shape index (κ2) is 7.44. The molecule has 1 aliphatic heterocycles. The minimum atomic E-state index is 0.160. The Morgan fingerprint density at radius 2 is 1.91 bits per heavy atom. The van der Waals surface area contributed by atoms with E-state index < -0.39 is 0 Å². The highest BCUT2D eigenvalue weighted by molar-refractivity contribution is 5.87. The van der Waals surface area contributed by atoms with Crippen molar-refractivity contribution in [1.29, 1.82) is 0 Å². The number of benzene rings is 2. The van der Waals surface area contributed by atoms with Gasteiger partial charge in [-0.2, -0.15) is 0 Å². The molecule has 1 aliphatic rings. The molecule has 0 aromatic heterocycles. The number of hydrogen-bond acceptors (Lipinski definition) is 4. The quantitative estimate of drug-likeness (QED) is 0.921. The van der Waals surface area contributed by atoms with E-state index in [-0.39, 0.29) is 13.2 Å². The molecular weight excluding hydrogens is 295 g/mol. The summed E-state index contributed by atoms with van der Waals surface area (Å²) >= 11 is 0. The van der Waals surface area contributed by atoms with Gasteiger partial charge in [-0.05, 0) is 35.0 Å². The van der Waals surface area contributed by atoms with Crippen LogP contribution in [0.3, 0.4) is 0 Å². The molecule has 2 aromatic rings. The van der Waals surface area contributed by atoms with Gasteiger partial charge in [0, 0.05) is 30.9 Å². The van der Waals surface area contributed by atoms with E-state index >= 15 is 0 Å². The third kappa shape index (κ3) is 3.81. The SMILES string of the molecule is NC/C(=C\F)COc1ccc2cc(N3CCOCC3)ccc2c1. The Hall–Kier alpha value is -2.11. The van der Waals surface area contributed by atoms with E-state index in [1.807, 2.05) is 18.2 Å². The van der Waals surface area contributed by atoms with Gasteiger partial charge in [-0.15, -0.1) is 0 Å². The van der Waals surface area contributed by atoms with Crippen LogP contribution >= 0.6 is 0 Å². The molecule has 2 N–H and O–H groups in total. The summed E-state index contributed by atoms with van der Waals surface area (Å²) < 4.78 is 23.5. The first kappa shape index (κ1) is 15.8. The fourth-order valence-electron chi connectivity index (χ4n) is 2.63. The van der Waals surface area contributed by atoms with Crippen LogP contribution in [0.2, 0.25) is 0 Å². The maximum Gasteiger partial charge on any atom is 0.120 e. The number of anilines is 1. The zero-order chi connectivity index (χ0) is 16.1. The van der Waals surface area contributed by atoms with Crippen LogP contribution in [0.25, 0.3) is 10.8 Å². The lowest BCUT2D eigenvalue weighted by Gasteiger charge is -2.29. The summed E-state index contributed by atoms with van der Waals surface area (Å²) in [5.74, 6) is 0.712. The molecule has 3 rings (SSSR count). The summed E-state index contributed by atoms with van der Waals surface area (Å²) in [6.45, 7) is 3.72. The number of hydrogen-bond donors (Lipinski definition) is 1. The van der Waals surface area contributed by atoms with Gasteiger partial charge >= 0.3 is 0 Å². The molecule has 1 saturated heterocycles. The molecule has 0 saturated carbocycles. The molecule has 0 radical (unpaired) electrons. The molecule has 5 heteroatoms. The third-order valence-electron chi connectivity index (χ3n) is 4.01. The van der Waals surface area contributed by atoms with Crippen LogP contribution in [0.4, 0.5) is 10.1 Å². The standard InChI is InChI=1S/C18H21FN2O2/c19-11-14(12-20)13-23-18-4-2-15-9-17(3-1-16(15)10-18)21-5-7-22-8-6-21/h1-4,9-11H,5-8,12-13,20H2/b14-11+. The Kier molecular flexibility index (Phi) is 5.10. The minimum absolute atomic E-state index is 0.160. The zero-order valence-electron chi connectivity index (χ0n) is 13.0. The Balaban J connectivity index is 1.75. The molecule has 0 bridgehead atoms. The Labute approximate surface area is 135 Å². The van der Waals surface area contributed by atoms with Gasteiger partial charge in [-0.25, -0.2) is 4.39 Å². The number of fused-ring (bicyclic) bond motifs is 1. The largest absolute Gasteiger partial charge is 0.489 e. The predicted octanol–water partition coefficient (Wildman–Crippen LogP) is 2.87. The average Bonchev–Trinajstić information content (AvgIpc) is 2.63. The van der Waals surface area contributed by atoms with Crippen molar-refractivity contribution in [3.05, 3.63) is 48.3 Å². The number of morpholine rings is 1. The van der Waals surface area contributed by atoms with E-state index in [0.717, 1.165) is 37.1 Å². The van der Waals surface area contributed by atoms with Crippen molar-refractivity contribution in [2.45, 2.75) is 0 Å². The molecule has 0 atom stereocenters. The first-order chi connectivity index (χ1) is 11.3. The topological polar surface area (TPSA) is 47.7 Å². The monoisotopic (exact) mass is 316 g/mol. The predicted molar refractivity (Wildman–Crippen MR) is 90.7 cm³/mol. The van der Waals surface area contributed by atoms with Crippen molar-refractivity contribution in [2.24, 2.45) is 5.73 Å². The normalized spacial score (nSPS) is 15.9. The van der Waals surface area contributed by atoms with E-state index in [1.165, 1.54) is 5.69 Å². The first-order valence-corrected chi connectivity index (χ1v) is 7.77. The molecule has 23 heavy (non-hydrogen) atoms. The fraction of sp³-hybridized carbons (Fsp3) is 0.333. The second-order valence-electron chi connectivity index (χ2n) is 5.55. The van der Waals surface area contributed by atoms with E-state index in [2.05, 4.69) is 23.1 Å². The lowest BCUT2D eigenvalue weighted by molar-refractivity contribution is 0.122. The Bertz CT molecular complexity index is 696. The van der Waals surface area contributed by atoms with Crippen molar-refractivity contribution in [3.8, 4) is 5.75 Å². The molecule has 1 heterocycles. The lowest BCUT2D eigenvalue weighted by Crippen LogP contribution is -2.36. The number of halogens is 1. The van der Waals surface area contributed by atoms with Crippen molar-refractivity contribution in [2.75, 3.05) is 44.4 Å². The highest BCUT2D eigenvalue weighted by atomic mass is 19.1. The van der Waals surface area contributed by atoms with Gasteiger partial charge in [0.2, 0.25) is 0 Å². The first-order valence-electron chi connectivity index (χ1n) is 7.77. The van der Waals surface area contributed by atoms with Crippen LogP contribution in [0.15, 0.2) is 48.3 Å². The van der Waals surface area contributed by atoms with Crippen LogP contribution in [0.1, 0.15) is 0 Å². The molecule has 122 valence electrons. The molecule has 0 aliphatic carbocycles. The number of nitrogens with two attached hydrogens (primary N) is 1. The van der Waals surface area contributed by atoms with Crippen LogP contribution < -0.4 is 15.4 Å². The smallest absolute Gasteiger partial charge is 0.120 e. The third-order valence-corrected chi connectivity index (χ3v) is 4.01. The van der Waals surface area contributed by atoms with E-state index in [9.17, 15) is 4.39 Å². The van der Waals surface area contributed by atoms with Crippen molar-refractivity contribution >= 4 is 16.5 Å². The van der Waals surface area contributed by atoms with E-state index in [0.29, 0.717) is 17.7 Å². The van der Waals surface area contributed by atoms with Gasteiger partial charge in [-0.1, -0.05) is 12.1 Å². The molecule has 0 spiro atoms. The van der Waals surface area contributed by atoms with Gasteiger partial charge in [0.1, 0.15) is 12.4 Å². The minimum Gasteiger partial charge on any atom is -0.489 e. The maximum absolute atomic E-state index is 12.5. The van der Waals surface area contributed by atoms with Crippen molar-refractivity contribution < 1.29 is 13.9 Å². The highest BCUT2D eigenvalue weighted by Crippen LogP contribution is 2.26. The summed E-state index contributed by atoms with van der Waals surface area (Å²) in [7, 11) is 0. The van der Waals surface area contributed by atoms with Crippen LogP contribution in [0, 0.1) is 0 Å². The van der Waals surface area contributed by atoms with Gasteiger partial charge in [-0.3, -0.25) is 0 Å². The fourth-order valence-corrected chi connectivity index (χ4v) is 2.63. The van der Waals surface area contributed by atoms with Crippen LogP contribution in [-0.4, -0.2) is 39.5 Å². The Morgan fingerprint density at radius 1 is 1.17 bits per heavy atom. The summed E-state index contributed by atoms with van der Waals surface area (Å²) in [5.41, 5.74) is 7.07. The van der Waals surface area contributed by atoms with Crippen molar-refractivity contribution in [3.63, 3.8) is 0 Å². The highest BCUT2D eigenvalue weighted by Gasteiger charge is 2.11. The molecule has 2 aromatic carbocycles. The zero-order valence-corrected chi connectivity index (χ0v) is 13.0. The van der Waals surface area contributed by atoms with E-state index in [1.54, 1.807) is 0 Å². The average molecular weight is 316 g/mol. The summed E-state index contributed by atoms with van der Waals surface area (Å²) in [5, 5.41) is 2.25. The van der Waals surface area contributed by atoms with Crippen LogP contribution in [0.5, 0.6) is 5.75 Å². The molecule has 1 fully saturated rings. The van der Waals surface area contributed by atoms with Crippen molar-refractivity contribution in [1.82, 2.24) is 0 Å². The Morgan fingerprint density at radius 3 is 2.65 bits per heavy atom. The van der Waals surface area contributed by atoms with E-state index in [4.69, 9.17) is 15.2 Å². The lowest BCUT2D eigenvalue weighted by atomic mass is 10.1. The summed E-state index contributed by atoms with van der Waals surface area (Å²) in [6, 6.07) is 12.3. The van der Waals surface area contributed by atoms with Gasteiger partial charge in [0.05, 0.1) is 19.5 Å². The molecule has 0 unspecified atom stereocenters. The second-order valence-corrected chi connectivity index (χ2v) is 5.55. The summed E-state index contributed by atoms with van der Waals surface area (Å²) in [4.78, 5) is 2.33. The molecule has 4 nitrogen and oxygen atoms in total. The number of rotatable bonds is 5. The number of ether oxygens (including phenoxy) is 2. The van der Waals surface area contributed by atoms with Gasteiger partial charge in [0.25, 0.3) is 0 Å². The molecular formula is C18H21FN2O2. The molecule has 0 amide bonds. The van der Waals surface area contributed by atoms with Gasteiger partial charge < -0.3 is 20.1 Å². The summed E-state index contributed by atoms with van der Waals surface area (Å²) in [6.07, 6.45) is 0.510. The van der Waals surface area contributed by atoms with Gasteiger partial charge in [0.15, 0.2) is 0 Å². The maximum atomic E-state index is 12.5. The van der Waals surface area contributed by atoms with Crippen LogP contribution in [-0.2, 0) is 4.74 Å².